The highest BCUT2D eigenvalue weighted by atomic mass is 32.2. The summed E-state index contributed by atoms with van der Waals surface area (Å²) >= 11 is 0. The molecule has 1 N–H and O–H groups in total. The monoisotopic (exact) mass is 398 g/mol. The molecule has 0 unspecified atom stereocenters. The molecule has 1 saturated heterocycles. The van der Waals surface area contributed by atoms with Crippen LogP contribution in [-0.2, 0) is 10.0 Å². The van der Waals surface area contributed by atoms with Crippen molar-refractivity contribution < 1.29 is 13.2 Å². The fourth-order valence-corrected chi connectivity index (χ4v) is 5.34. The van der Waals surface area contributed by atoms with Gasteiger partial charge in [-0.1, -0.05) is 36.8 Å². The second-order valence-electron chi connectivity index (χ2n) is 7.69. The molecule has 148 valence electrons. The van der Waals surface area contributed by atoms with E-state index in [0.717, 1.165) is 37.7 Å². The topological polar surface area (TPSA) is 66.5 Å². The lowest BCUT2D eigenvalue weighted by Gasteiger charge is -2.26. The second kappa shape index (κ2) is 8.05. The standard InChI is InChI=1S/C22H26N2O3S/c25-22(23-21(18-9-10-18)17-7-3-1-4-8-17)19-11-13-20(14-12-19)28(26,27)24-15-5-2-6-16-24/h1,3-4,7-8,11-14,18,21H,2,5-6,9-10,15-16H2,(H,23,25)/t21-/m1/s1. The molecule has 0 bridgehead atoms. The molecular formula is C22H26N2O3S. The first-order valence-corrected chi connectivity index (χ1v) is 11.5. The normalized spacial score (nSPS) is 19.1. The minimum Gasteiger partial charge on any atom is -0.345 e. The molecule has 1 atom stereocenters. The maximum atomic E-state index is 12.8. The zero-order valence-electron chi connectivity index (χ0n) is 15.9. The Kier molecular flexibility index (Phi) is 5.51. The third-order valence-corrected chi connectivity index (χ3v) is 7.52. The van der Waals surface area contributed by atoms with E-state index in [-0.39, 0.29) is 16.8 Å². The van der Waals surface area contributed by atoms with Gasteiger partial charge < -0.3 is 5.32 Å². The third kappa shape index (κ3) is 4.13. The lowest BCUT2D eigenvalue weighted by Crippen LogP contribution is -2.35. The van der Waals surface area contributed by atoms with Crippen LogP contribution in [0, 0.1) is 5.92 Å². The molecule has 1 aliphatic carbocycles. The van der Waals surface area contributed by atoms with Crippen LogP contribution in [0.1, 0.15) is 54.1 Å². The highest BCUT2D eigenvalue weighted by Gasteiger charge is 2.33. The zero-order valence-corrected chi connectivity index (χ0v) is 16.7. The number of benzene rings is 2. The number of carbonyl (C=O) groups is 1. The van der Waals surface area contributed by atoms with Crippen molar-refractivity contribution >= 4 is 15.9 Å². The van der Waals surface area contributed by atoms with Crippen molar-refractivity contribution in [2.24, 2.45) is 5.92 Å². The molecule has 2 fully saturated rings. The molecule has 1 heterocycles. The van der Waals surface area contributed by atoms with Crippen LogP contribution in [-0.4, -0.2) is 31.7 Å². The molecule has 2 aliphatic rings. The van der Waals surface area contributed by atoms with Gasteiger partial charge in [0.15, 0.2) is 0 Å². The Hall–Kier alpha value is -2.18. The maximum absolute atomic E-state index is 12.8. The predicted octanol–water partition coefficient (Wildman–Crippen LogP) is 3.74. The van der Waals surface area contributed by atoms with Gasteiger partial charge in [-0.25, -0.2) is 8.42 Å². The number of sulfonamides is 1. The molecule has 1 aliphatic heterocycles. The number of hydrogen-bond donors (Lipinski definition) is 1. The summed E-state index contributed by atoms with van der Waals surface area (Å²) in [7, 11) is -3.47. The van der Waals surface area contributed by atoms with Gasteiger partial charge in [-0.15, -0.1) is 0 Å². The molecule has 1 saturated carbocycles. The molecule has 0 spiro atoms. The first-order valence-electron chi connectivity index (χ1n) is 10.0. The van der Waals surface area contributed by atoms with Crippen LogP contribution in [0.5, 0.6) is 0 Å². The SMILES string of the molecule is O=C(N[C@H](c1ccccc1)C1CC1)c1ccc(S(=O)(=O)N2CCCCC2)cc1. The summed E-state index contributed by atoms with van der Waals surface area (Å²) in [4.78, 5) is 13.0. The smallest absolute Gasteiger partial charge is 0.251 e. The van der Waals surface area contributed by atoms with E-state index < -0.39 is 10.0 Å². The number of rotatable bonds is 6. The second-order valence-corrected chi connectivity index (χ2v) is 9.63. The van der Waals surface area contributed by atoms with Crippen molar-refractivity contribution in [3.63, 3.8) is 0 Å². The van der Waals surface area contributed by atoms with E-state index >= 15 is 0 Å². The average Bonchev–Trinajstić information content (AvgIpc) is 3.58. The lowest BCUT2D eigenvalue weighted by atomic mass is 10.0. The molecule has 2 aromatic rings. The number of carbonyl (C=O) groups excluding carboxylic acids is 1. The van der Waals surface area contributed by atoms with Gasteiger partial charge in [-0.05, 0) is 61.4 Å². The van der Waals surface area contributed by atoms with Crippen LogP contribution in [0.25, 0.3) is 0 Å². The van der Waals surface area contributed by atoms with Crippen LogP contribution in [0.2, 0.25) is 0 Å². The van der Waals surface area contributed by atoms with Gasteiger partial charge >= 0.3 is 0 Å². The Morgan fingerprint density at radius 3 is 2.18 bits per heavy atom. The van der Waals surface area contributed by atoms with E-state index in [2.05, 4.69) is 5.32 Å². The van der Waals surface area contributed by atoms with Gasteiger partial charge in [0.25, 0.3) is 5.91 Å². The minimum absolute atomic E-state index is 0.00505. The van der Waals surface area contributed by atoms with E-state index in [1.165, 1.54) is 0 Å². The van der Waals surface area contributed by atoms with Crippen molar-refractivity contribution in [1.82, 2.24) is 9.62 Å². The maximum Gasteiger partial charge on any atom is 0.251 e. The summed E-state index contributed by atoms with van der Waals surface area (Å²) in [6, 6.07) is 16.3. The van der Waals surface area contributed by atoms with Crippen molar-refractivity contribution in [3.05, 3.63) is 65.7 Å². The summed E-state index contributed by atoms with van der Waals surface area (Å²) < 4.78 is 27.1. The minimum atomic E-state index is -3.47. The van der Waals surface area contributed by atoms with Crippen molar-refractivity contribution in [2.45, 2.75) is 43.0 Å². The number of amides is 1. The molecule has 1 amide bonds. The fourth-order valence-electron chi connectivity index (χ4n) is 3.82. The molecule has 28 heavy (non-hydrogen) atoms. The Bertz CT molecular complexity index is 916. The summed E-state index contributed by atoms with van der Waals surface area (Å²) in [5, 5.41) is 3.13. The first-order chi connectivity index (χ1) is 13.6. The highest BCUT2D eigenvalue weighted by Crippen LogP contribution is 2.41. The average molecular weight is 399 g/mol. The van der Waals surface area contributed by atoms with Crippen molar-refractivity contribution in [1.29, 1.82) is 0 Å². The Labute approximate surface area is 166 Å². The van der Waals surface area contributed by atoms with Crippen LogP contribution < -0.4 is 5.32 Å². The van der Waals surface area contributed by atoms with Crippen molar-refractivity contribution in [3.8, 4) is 0 Å². The van der Waals surface area contributed by atoms with Crippen LogP contribution >= 0.6 is 0 Å². The van der Waals surface area contributed by atoms with Gasteiger partial charge in [-0.3, -0.25) is 4.79 Å². The Balaban J connectivity index is 1.48. The van der Waals surface area contributed by atoms with E-state index in [9.17, 15) is 13.2 Å². The van der Waals surface area contributed by atoms with Gasteiger partial charge in [0.05, 0.1) is 10.9 Å². The number of piperidine rings is 1. The fraction of sp³-hybridized carbons (Fsp3) is 0.409. The lowest BCUT2D eigenvalue weighted by molar-refractivity contribution is 0.0931. The van der Waals surface area contributed by atoms with Crippen LogP contribution in [0.3, 0.4) is 0 Å². The zero-order chi connectivity index (χ0) is 19.6. The molecule has 0 aromatic heterocycles. The van der Waals surface area contributed by atoms with Crippen LogP contribution in [0.4, 0.5) is 0 Å². The van der Waals surface area contributed by atoms with Gasteiger partial charge in [0.2, 0.25) is 10.0 Å². The van der Waals surface area contributed by atoms with E-state index in [4.69, 9.17) is 0 Å². The van der Waals surface area contributed by atoms with Gasteiger partial charge in [0, 0.05) is 18.7 Å². The molecule has 4 rings (SSSR count). The van der Waals surface area contributed by atoms with Gasteiger partial charge in [0.1, 0.15) is 0 Å². The largest absolute Gasteiger partial charge is 0.345 e. The first kappa shape index (κ1) is 19.2. The molecule has 0 radical (unpaired) electrons. The summed E-state index contributed by atoms with van der Waals surface area (Å²) in [5.74, 6) is 0.313. The molecular weight excluding hydrogens is 372 g/mol. The third-order valence-electron chi connectivity index (χ3n) is 5.61. The highest BCUT2D eigenvalue weighted by molar-refractivity contribution is 7.89. The number of hydrogen-bond acceptors (Lipinski definition) is 3. The molecule has 6 heteroatoms. The summed E-state index contributed by atoms with van der Waals surface area (Å²) in [6.07, 6.45) is 5.12. The van der Waals surface area contributed by atoms with Gasteiger partial charge in [-0.2, -0.15) is 4.31 Å². The molecule has 5 nitrogen and oxygen atoms in total. The number of nitrogens with one attached hydrogen (secondary N) is 1. The van der Waals surface area contributed by atoms with Crippen LogP contribution in [0.15, 0.2) is 59.5 Å². The predicted molar refractivity (Wildman–Crippen MR) is 108 cm³/mol. The van der Waals surface area contributed by atoms with E-state index in [1.807, 2.05) is 30.3 Å². The Morgan fingerprint density at radius 1 is 0.929 bits per heavy atom. The number of nitrogens with zero attached hydrogens (tertiary/aromatic N) is 1. The van der Waals surface area contributed by atoms with E-state index in [1.54, 1.807) is 28.6 Å². The van der Waals surface area contributed by atoms with E-state index in [0.29, 0.717) is 24.6 Å². The van der Waals surface area contributed by atoms with Crippen molar-refractivity contribution in [2.75, 3.05) is 13.1 Å². The molecule has 2 aromatic carbocycles. The quantitative estimate of drug-likeness (QED) is 0.806. The summed E-state index contributed by atoms with van der Waals surface area (Å²) in [5.41, 5.74) is 1.60. The Morgan fingerprint density at radius 2 is 1.57 bits per heavy atom. The summed E-state index contributed by atoms with van der Waals surface area (Å²) in [6.45, 7) is 1.15.